The first-order chi connectivity index (χ1) is 12.8. The molecule has 3 N–H and O–H groups in total. The molecule has 7 nitrogen and oxygen atoms in total. The van der Waals surface area contributed by atoms with Crippen LogP contribution >= 0.6 is 0 Å². The molecule has 1 heterocycles. The summed E-state index contributed by atoms with van der Waals surface area (Å²) < 4.78 is 34.7. The smallest absolute Gasteiger partial charge is 0.323 e. The monoisotopic (exact) mass is 393 g/mol. The Morgan fingerprint density at radius 2 is 1.78 bits per heavy atom. The molecule has 146 valence electrons. The Morgan fingerprint density at radius 3 is 2.30 bits per heavy atom. The zero-order valence-corrected chi connectivity index (χ0v) is 15.7. The predicted molar refractivity (Wildman–Crippen MR) is 99.6 cm³/mol. The first-order valence-corrected chi connectivity index (χ1v) is 9.86. The van der Waals surface area contributed by atoms with Gasteiger partial charge in [-0.15, -0.1) is 0 Å². The third-order valence-corrected chi connectivity index (χ3v) is 4.80. The van der Waals surface area contributed by atoms with E-state index in [4.69, 9.17) is 9.29 Å². The highest BCUT2D eigenvalue weighted by Crippen LogP contribution is 2.10. The molecule has 0 bridgehead atoms. The highest BCUT2D eigenvalue weighted by Gasteiger charge is 2.29. The summed E-state index contributed by atoms with van der Waals surface area (Å²) in [6.07, 6.45) is 0.00226. The van der Waals surface area contributed by atoms with Gasteiger partial charge in [0.15, 0.2) is 0 Å². The van der Waals surface area contributed by atoms with Crippen molar-refractivity contribution in [3.05, 3.63) is 65.7 Å². The number of hydrogen-bond acceptors (Lipinski definition) is 6. The minimum atomic E-state index is -4.02. The largest absolute Gasteiger partial charge is 0.460 e. The van der Waals surface area contributed by atoms with E-state index in [9.17, 15) is 18.3 Å². The maximum Gasteiger partial charge on any atom is 0.323 e. The topological polar surface area (TPSA) is 113 Å². The molecule has 1 aliphatic heterocycles. The molecule has 2 aromatic carbocycles. The normalized spacial score (nSPS) is 19.1. The van der Waals surface area contributed by atoms with Crippen LogP contribution in [0, 0.1) is 6.92 Å². The van der Waals surface area contributed by atoms with Gasteiger partial charge in [0.05, 0.1) is 11.0 Å². The van der Waals surface area contributed by atoms with E-state index in [0.29, 0.717) is 13.0 Å². The summed E-state index contributed by atoms with van der Waals surface area (Å²) in [5.41, 5.74) is 1.92. The lowest BCUT2D eigenvalue weighted by Crippen LogP contribution is -2.32. The number of esters is 1. The van der Waals surface area contributed by atoms with Gasteiger partial charge in [-0.1, -0.05) is 48.0 Å². The minimum Gasteiger partial charge on any atom is -0.460 e. The highest BCUT2D eigenvalue weighted by atomic mass is 32.2. The van der Waals surface area contributed by atoms with Crippen LogP contribution < -0.4 is 5.32 Å². The van der Waals surface area contributed by atoms with E-state index in [1.54, 1.807) is 12.1 Å². The Hall–Kier alpha value is -2.26. The number of β-amino-alcohol motifs (C(OH)–C–C–N with tert-alkyl or cyclic N) is 1. The van der Waals surface area contributed by atoms with Crippen molar-refractivity contribution in [3.8, 4) is 0 Å². The molecular formula is C19H23NO6S. The van der Waals surface area contributed by atoms with Crippen LogP contribution in [0.2, 0.25) is 0 Å². The quantitative estimate of drug-likeness (QED) is 0.535. The number of aliphatic hydroxyl groups is 1. The lowest BCUT2D eigenvalue weighted by Gasteiger charge is -2.10. The van der Waals surface area contributed by atoms with Crippen molar-refractivity contribution in [2.45, 2.75) is 37.0 Å². The average molecular weight is 393 g/mol. The van der Waals surface area contributed by atoms with Gasteiger partial charge in [0.25, 0.3) is 10.1 Å². The molecule has 1 unspecified atom stereocenters. The lowest BCUT2D eigenvalue weighted by molar-refractivity contribution is -0.147. The summed E-state index contributed by atoms with van der Waals surface area (Å²) in [6, 6.07) is 15.2. The zero-order chi connectivity index (χ0) is 19.9. The molecular weight excluding hydrogens is 370 g/mol. The molecule has 1 saturated heterocycles. The van der Waals surface area contributed by atoms with Crippen molar-refractivity contribution in [2.75, 3.05) is 6.54 Å². The fourth-order valence-corrected chi connectivity index (χ4v) is 2.92. The predicted octanol–water partition coefficient (Wildman–Crippen LogP) is 1.69. The first kappa shape index (κ1) is 21.0. The van der Waals surface area contributed by atoms with Crippen LogP contribution in [-0.2, 0) is 26.3 Å². The molecule has 0 radical (unpaired) electrons. The van der Waals surface area contributed by atoms with E-state index in [1.165, 1.54) is 12.1 Å². The van der Waals surface area contributed by atoms with Crippen LogP contribution in [-0.4, -0.2) is 42.7 Å². The van der Waals surface area contributed by atoms with E-state index in [0.717, 1.165) is 11.1 Å². The standard InChI is InChI=1S/C12H15NO3.C7H8O3S/c14-10-6-11(13-7-10)12(15)16-8-9-4-2-1-3-5-9;1-6-2-4-7(5-3-6)11(8,9)10/h1-5,10-11,13-14H,6-8H2;2-5H,1H3,(H,8,9,10)/t10?,11-;/m0./s1. The highest BCUT2D eigenvalue weighted by molar-refractivity contribution is 7.85. The number of carbonyl (C=O) groups excluding carboxylic acids is 1. The van der Waals surface area contributed by atoms with Crippen molar-refractivity contribution in [3.63, 3.8) is 0 Å². The summed E-state index contributed by atoms with van der Waals surface area (Å²) >= 11 is 0. The van der Waals surface area contributed by atoms with Crippen LogP contribution in [0.15, 0.2) is 59.5 Å². The summed E-state index contributed by atoms with van der Waals surface area (Å²) in [5.74, 6) is -0.291. The van der Waals surface area contributed by atoms with Crippen LogP contribution in [0.5, 0.6) is 0 Å². The average Bonchev–Trinajstić information content (AvgIpc) is 3.07. The van der Waals surface area contributed by atoms with E-state index in [-0.39, 0.29) is 23.5 Å². The molecule has 0 amide bonds. The summed E-state index contributed by atoms with van der Waals surface area (Å²) in [6.45, 7) is 2.59. The summed E-state index contributed by atoms with van der Waals surface area (Å²) in [4.78, 5) is 11.5. The third kappa shape index (κ3) is 7.10. The first-order valence-electron chi connectivity index (χ1n) is 8.42. The van der Waals surface area contributed by atoms with Gasteiger partial charge in [-0.25, -0.2) is 0 Å². The molecule has 3 rings (SSSR count). The Bertz CT molecular complexity index is 836. The van der Waals surface area contributed by atoms with E-state index in [1.807, 2.05) is 37.3 Å². The lowest BCUT2D eigenvalue weighted by atomic mass is 10.2. The van der Waals surface area contributed by atoms with E-state index >= 15 is 0 Å². The number of nitrogens with one attached hydrogen (secondary N) is 1. The molecule has 0 spiro atoms. The number of aliphatic hydroxyl groups excluding tert-OH is 1. The van der Waals surface area contributed by atoms with Crippen molar-refractivity contribution in [1.29, 1.82) is 0 Å². The number of aryl methyl sites for hydroxylation is 1. The Kier molecular flexibility index (Phi) is 7.49. The van der Waals surface area contributed by atoms with Gasteiger partial charge < -0.3 is 15.2 Å². The van der Waals surface area contributed by atoms with Crippen LogP contribution in [0.4, 0.5) is 0 Å². The van der Waals surface area contributed by atoms with Gasteiger partial charge in [-0.3, -0.25) is 9.35 Å². The molecule has 27 heavy (non-hydrogen) atoms. The molecule has 2 aromatic rings. The summed E-state index contributed by atoms with van der Waals surface area (Å²) in [7, 11) is -4.02. The maximum absolute atomic E-state index is 11.6. The number of carbonyl (C=O) groups is 1. The van der Waals surface area contributed by atoms with Gasteiger partial charge in [0.1, 0.15) is 12.6 Å². The van der Waals surface area contributed by atoms with Crippen LogP contribution in [0.1, 0.15) is 17.5 Å². The van der Waals surface area contributed by atoms with Crippen molar-refractivity contribution in [2.24, 2.45) is 0 Å². The fraction of sp³-hybridized carbons (Fsp3) is 0.316. The van der Waals surface area contributed by atoms with Crippen LogP contribution in [0.25, 0.3) is 0 Å². The van der Waals surface area contributed by atoms with Crippen LogP contribution in [0.3, 0.4) is 0 Å². The van der Waals surface area contributed by atoms with Crippen molar-refractivity contribution >= 4 is 16.1 Å². The molecule has 0 saturated carbocycles. The van der Waals surface area contributed by atoms with Gasteiger partial charge in [-0.05, 0) is 24.6 Å². The third-order valence-electron chi connectivity index (χ3n) is 3.93. The number of rotatable bonds is 4. The molecule has 8 heteroatoms. The van der Waals surface area contributed by atoms with E-state index in [2.05, 4.69) is 5.32 Å². The fourth-order valence-electron chi connectivity index (χ4n) is 2.44. The van der Waals surface area contributed by atoms with E-state index < -0.39 is 16.2 Å². The van der Waals surface area contributed by atoms with Crippen molar-refractivity contribution in [1.82, 2.24) is 5.32 Å². The number of benzene rings is 2. The zero-order valence-electron chi connectivity index (χ0n) is 14.9. The second-order valence-electron chi connectivity index (χ2n) is 6.23. The van der Waals surface area contributed by atoms with Gasteiger partial charge in [-0.2, -0.15) is 8.42 Å². The Balaban J connectivity index is 0.000000208. The van der Waals surface area contributed by atoms with Crippen molar-refractivity contribution < 1.29 is 27.6 Å². The Labute approximate surface area is 158 Å². The van der Waals surface area contributed by atoms with Gasteiger partial charge in [0.2, 0.25) is 0 Å². The summed E-state index contributed by atoms with van der Waals surface area (Å²) in [5, 5.41) is 12.2. The number of hydrogen-bond donors (Lipinski definition) is 3. The molecule has 0 aliphatic carbocycles. The molecule has 2 atom stereocenters. The molecule has 0 aromatic heterocycles. The second kappa shape index (κ2) is 9.61. The second-order valence-corrected chi connectivity index (χ2v) is 7.65. The SMILES string of the molecule is Cc1ccc(S(=O)(=O)O)cc1.O=C(OCc1ccccc1)[C@@H]1CC(O)CN1. The molecule has 1 fully saturated rings. The Morgan fingerprint density at radius 1 is 1.15 bits per heavy atom. The minimum absolute atomic E-state index is 0.0666. The number of ether oxygens (including phenoxy) is 1. The van der Waals surface area contributed by atoms with Gasteiger partial charge in [0, 0.05) is 13.0 Å². The molecule has 1 aliphatic rings. The van der Waals surface area contributed by atoms with Gasteiger partial charge >= 0.3 is 5.97 Å². The maximum atomic E-state index is 11.6.